The third kappa shape index (κ3) is 3.13. The van der Waals surface area contributed by atoms with Crippen LogP contribution in [-0.2, 0) is 0 Å². The van der Waals surface area contributed by atoms with Crippen LogP contribution in [-0.4, -0.2) is 54.9 Å². The zero-order chi connectivity index (χ0) is 17.1. The van der Waals surface area contributed by atoms with Crippen molar-refractivity contribution in [2.45, 2.75) is 6.92 Å². The van der Waals surface area contributed by atoms with E-state index in [9.17, 15) is 9.59 Å². The molecule has 126 valence electrons. The number of amides is 2. The molecule has 0 spiro atoms. The Morgan fingerprint density at radius 1 is 1.00 bits per heavy atom. The molecule has 1 saturated heterocycles. The summed E-state index contributed by atoms with van der Waals surface area (Å²) in [5.41, 5.74) is 2.13. The van der Waals surface area contributed by atoms with Gasteiger partial charge in [0.25, 0.3) is 11.8 Å². The standard InChI is InChI=1S/C18H20N2O4/c1-13-3-4-14(11-16(13)23-2)17(21)19-6-8-20(9-7-19)18(22)15-5-10-24-12-15/h3-5,10-12H,6-9H2,1-2H3. The topological polar surface area (TPSA) is 63.0 Å². The van der Waals surface area contributed by atoms with Crippen LogP contribution in [0.25, 0.3) is 0 Å². The Bertz CT molecular complexity index is 731. The number of methoxy groups -OCH3 is 1. The first kappa shape index (κ1) is 16.1. The van der Waals surface area contributed by atoms with E-state index >= 15 is 0 Å². The highest BCUT2D eigenvalue weighted by Crippen LogP contribution is 2.20. The van der Waals surface area contributed by atoms with Crippen molar-refractivity contribution in [3.63, 3.8) is 0 Å². The van der Waals surface area contributed by atoms with Gasteiger partial charge < -0.3 is 19.0 Å². The summed E-state index contributed by atoms with van der Waals surface area (Å²) in [6, 6.07) is 7.10. The van der Waals surface area contributed by atoms with Crippen LogP contribution in [0.2, 0.25) is 0 Å². The molecule has 6 heteroatoms. The van der Waals surface area contributed by atoms with E-state index in [0.717, 1.165) is 5.56 Å². The summed E-state index contributed by atoms with van der Waals surface area (Å²) in [6.45, 7) is 3.99. The number of piperazine rings is 1. The molecule has 2 aromatic rings. The van der Waals surface area contributed by atoms with Crippen molar-refractivity contribution in [2.75, 3.05) is 33.3 Å². The molecule has 24 heavy (non-hydrogen) atoms. The fourth-order valence-electron chi connectivity index (χ4n) is 2.82. The summed E-state index contributed by atoms with van der Waals surface area (Å²) < 4.78 is 10.2. The molecule has 2 amide bonds. The van der Waals surface area contributed by atoms with Gasteiger partial charge in [-0.15, -0.1) is 0 Å². The molecule has 0 saturated carbocycles. The van der Waals surface area contributed by atoms with Gasteiger partial charge in [-0.1, -0.05) is 6.07 Å². The molecule has 1 aliphatic heterocycles. The largest absolute Gasteiger partial charge is 0.496 e. The van der Waals surface area contributed by atoms with Crippen LogP contribution in [0.5, 0.6) is 5.75 Å². The highest BCUT2D eigenvalue weighted by molar-refractivity contribution is 5.96. The molecular formula is C18H20N2O4. The lowest BCUT2D eigenvalue weighted by Gasteiger charge is -2.34. The minimum Gasteiger partial charge on any atom is -0.496 e. The van der Waals surface area contributed by atoms with Gasteiger partial charge in [0, 0.05) is 31.7 Å². The number of hydrogen-bond acceptors (Lipinski definition) is 4. The molecule has 2 heterocycles. The second kappa shape index (κ2) is 6.78. The lowest BCUT2D eigenvalue weighted by atomic mass is 10.1. The van der Waals surface area contributed by atoms with E-state index in [4.69, 9.17) is 9.15 Å². The third-order valence-corrected chi connectivity index (χ3v) is 4.28. The first-order valence-electron chi connectivity index (χ1n) is 7.85. The number of ether oxygens (including phenoxy) is 1. The normalized spacial score (nSPS) is 14.6. The van der Waals surface area contributed by atoms with Crippen molar-refractivity contribution >= 4 is 11.8 Å². The van der Waals surface area contributed by atoms with E-state index in [1.807, 2.05) is 19.1 Å². The van der Waals surface area contributed by atoms with Crippen LogP contribution >= 0.6 is 0 Å². The minimum atomic E-state index is -0.0622. The van der Waals surface area contributed by atoms with Gasteiger partial charge in [-0.2, -0.15) is 0 Å². The number of hydrogen-bond donors (Lipinski definition) is 0. The number of aryl methyl sites for hydroxylation is 1. The first-order valence-corrected chi connectivity index (χ1v) is 7.85. The van der Waals surface area contributed by atoms with Gasteiger partial charge in [0.05, 0.1) is 18.9 Å². The van der Waals surface area contributed by atoms with Gasteiger partial charge in [-0.25, -0.2) is 0 Å². The van der Waals surface area contributed by atoms with Crippen molar-refractivity contribution < 1.29 is 18.7 Å². The predicted octanol–water partition coefficient (Wildman–Crippen LogP) is 2.19. The Labute approximate surface area is 140 Å². The number of benzene rings is 1. The number of carbonyl (C=O) groups excluding carboxylic acids is 2. The van der Waals surface area contributed by atoms with Gasteiger partial charge >= 0.3 is 0 Å². The average Bonchev–Trinajstić information content (AvgIpc) is 3.16. The van der Waals surface area contributed by atoms with Gasteiger partial charge in [-0.3, -0.25) is 9.59 Å². The lowest BCUT2D eigenvalue weighted by Crippen LogP contribution is -2.50. The first-order chi connectivity index (χ1) is 11.6. The Morgan fingerprint density at radius 2 is 1.62 bits per heavy atom. The molecular weight excluding hydrogens is 308 g/mol. The molecule has 0 unspecified atom stereocenters. The van der Waals surface area contributed by atoms with Crippen LogP contribution in [0, 0.1) is 6.92 Å². The summed E-state index contributed by atoms with van der Waals surface area (Å²) in [5.74, 6) is 0.603. The maximum atomic E-state index is 12.6. The SMILES string of the molecule is COc1cc(C(=O)N2CCN(C(=O)c3ccoc3)CC2)ccc1C. The van der Waals surface area contributed by atoms with Crippen molar-refractivity contribution in [2.24, 2.45) is 0 Å². The van der Waals surface area contributed by atoms with Gasteiger partial charge in [-0.05, 0) is 30.7 Å². The van der Waals surface area contributed by atoms with Crippen LogP contribution in [0.3, 0.4) is 0 Å². The molecule has 1 fully saturated rings. The quantitative estimate of drug-likeness (QED) is 0.866. The smallest absolute Gasteiger partial charge is 0.257 e. The maximum absolute atomic E-state index is 12.6. The van der Waals surface area contributed by atoms with Gasteiger partial charge in [0.1, 0.15) is 12.0 Å². The van der Waals surface area contributed by atoms with Crippen molar-refractivity contribution in [3.05, 3.63) is 53.5 Å². The predicted molar refractivity (Wildman–Crippen MR) is 88.2 cm³/mol. The second-order valence-corrected chi connectivity index (χ2v) is 5.78. The second-order valence-electron chi connectivity index (χ2n) is 5.78. The molecule has 0 atom stereocenters. The fraction of sp³-hybridized carbons (Fsp3) is 0.333. The summed E-state index contributed by atoms with van der Waals surface area (Å²) >= 11 is 0. The summed E-state index contributed by atoms with van der Waals surface area (Å²) in [4.78, 5) is 28.4. The molecule has 1 aliphatic rings. The zero-order valence-corrected chi connectivity index (χ0v) is 13.8. The van der Waals surface area contributed by atoms with Gasteiger partial charge in [0.2, 0.25) is 0 Å². The summed E-state index contributed by atoms with van der Waals surface area (Å²) in [5, 5.41) is 0. The molecule has 1 aromatic heterocycles. The summed E-state index contributed by atoms with van der Waals surface area (Å²) in [6.07, 6.45) is 2.93. The molecule has 1 aromatic carbocycles. The monoisotopic (exact) mass is 328 g/mol. The highest BCUT2D eigenvalue weighted by Gasteiger charge is 2.26. The average molecular weight is 328 g/mol. The van der Waals surface area contributed by atoms with E-state index < -0.39 is 0 Å². The van der Waals surface area contributed by atoms with E-state index in [2.05, 4.69) is 0 Å². The van der Waals surface area contributed by atoms with Crippen LogP contribution < -0.4 is 4.74 Å². The molecule has 3 rings (SSSR count). The third-order valence-electron chi connectivity index (χ3n) is 4.28. The molecule has 6 nitrogen and oxygen atoms in total. The van der Waals surface area contributed by atoms with E-state index in [0.29, 0.717) is 43.1 Å². The number of rotatable bonds is 3. The maximum Gasteiger partial charge on any atom is 0.257 e. The Hall–Kier alpha value is -2.76. The zero-order valence-electron chi connectivity index (χ0n) is 13.8. The van der Waals surface area contributed by atoms with Crippen molar-refractivity contribution in [1.29, 1.82) is 0 Å². The fourth-order valence-corrected chi connectivity index (χ4v) is 2.82. The van der Waals surface area contributed by atoms with E-state index in [1.54, 1.807) is 29.0 Å². The van der Waals surface area contributed by atoms with E-state index in [1.165, 1.54) is 12.5 Å². The molecule has 0 N–H and O–H groups in total. The van der Waals surface area contributed by atoms with Gasteiger partial charge in [0.15, 0.2) is 0 Å². The number of furan rings is 1. The van der Waals surface area contributed by atoms with Crippen LogP contribution in [0.15, 0.2) is 41.2 Å². The molecule has 0 radical (unpaired) electrons. The highest BCUT2D eigenvalue weighted by atomic mass is 16.5. The van der Waals surface area contributed by atoms with Crippen LogP contribution in [0.1, 0.15) is 26.3 Å². The minimum absolute atomic E-state index is 0.0382. The lowest BCUT2D eigenvalue weighted by molar-refractivity contribution is 0.0535. The Morgan fingerprint density at radius 3 is 2.17 bits per heavy atom. The number of carbonyl (C=O) groups is 2. The molecule has 0 aliphatic carbocycles. The van der Waals surface area contributed by atoms with Crippen molar-refractivity contribution in [1.82, 2.24) is 9.80 Å². The Balaban J connectivity index is 1.64. The van der Waals surface area contributed by atoms with Crippen molar-refractivity contribution in [3.8, 4) is 5.75 Å². The summed E-state index contributed by atoms with van der Waals surface area (Å²) in [7, 11) is 1.59. The van der Waals surface area contributed by atoms with Crippen LogP contribution in [0.4, 0.5) is 0 Å². The molecule has 0 bridgehead atoms. The number of nitrogens with zero attached hydrogens (tertiary/aromatic N) is 2. The van der Waals surface area contributed by atoms with E-state index in [-0.39, 0.29) is 11.8 Å². The Kier molecular flexibility index (Phi) is 4.55.